The Hall–Kier alpha value is -0.800. The zero-order valence-corrected chi connectivity index (χ0v) is 9.26. The van der Waals surface area contributed by atoms with Gasteiger partial charge in [0.05, 0.1) is 0 Å². The highest BCUT2D eigenvalue weighted by molar-refractivity contribution is 8.00. The van der Waals surface area contributed by atoms with Crippen molar-refractivity contribution in [2.45, 2.75) is 12.4 Å². The summed E-state index contributed by atoms with van der Waals surface area (Å²) in [5.74, 6) is 0. The monoisotopic (exact) mass is 241 g/mol. The number of rotatable bonds is 6. The molecule has 0 aromatic carbocycles. The lowest BCUT2D eigenvalue weighted by molar-refractivity contribution is -0.546. The number of nitrogens with one attached hydrogen (secondary N) is 2. The molecule has 0 bridgehead atoms. The van der Waals surface area contributed by atoms with Crippen LogP contribution >= 0.6 is 11.8 Å². The summed E-state index contributed by atoms with van der Waals surface area (Å²) in [4.78, 5) is 10.0. The maximum Gasteiger partial charge on any atom is 0.235 e. The van der Waals surface area contributed by atoms with Gasteiger partial charge in [-0.3, -0.25) is 0 Å². The summed E-state index contributed by atoms with van der Waals surface area (Å²) in [5.41, 5.74) is 0.825. The van der Waals surface area contributed by atoms with E-state index in [9.17, 15) is 18.5 Å². The number of sulfonamides is 1. The number of nitro groups is 1. The van der Waals surface area contributed by atoms with Crippen molar-refractivity contribution in [1.29, 1.82) is 0 Å². The van der Waals surface area contributed by atoms with E-state index in [1.54, 1.807) is 11.7 Å². The summed E-state index contributed by atoms with van der Waals surface area (Å²) < 4.78 is 24.3. The molecule has 0 aliphatic heterocycles. The molecule has 0 rings (SSSR count). The summed E-state index contributed by atoms with van der Waals surface area (Å²) in [5, 5.41) is 10.2. The molecule has 0 amide bonds. The third-order valence-electron chi connectivity index (χ3n) is 1.04. The van der Waals surface area contributed by atoms with Crippen molar-refractivity contribution in [3.8, 4) is 0 Å². The molecule has 0 aromatic heterocycles. The minimum absolute atomic E-state index is 0.806. The van der Waals surface area contributed by atoms with Crippen LogP contribution in [0.3, 0.4) is 0 Å². The SMILES string of the molecule is CC=CS(=O)(=O)NC(N[N+](=O)[O-])SC. The fraction of sp³-hybridized carbons (Fsp3) is 0.600. The van der Waals surface area contributed by atoms with E-state index in [2.05, 4.69) is 4.72 Å². The van der Waals surface area contributed by atoms with E-state index in [0.717, 1.165) is 17.2 Å². The summed E-state index contributed by atoms with van der Waals surface area (Å²) in [6, 6.07) is 0. The average molecular weight is 241 g/mol. The van der Waals surface area contributed by atoms with E-state index in [0.29, 0.717) is 0 Å². The van der Waals surface area contributed by atoms with Crippen LogP contribution in [-0.4, -0.2) is 25.2 Å². The highest BCUT2D eigenvalue weighted by Gasteiger charge is 2.17. The molecule has 0 spiro atoms. The molecule has 0 aromatic rings. The van der Waals surface area contributed by atoms with E-state index < -0.39 is 20.6 Å². The van der Waals surface area contributed by atoms with Gasteiger partial charge in [0, 0.05) is 5.41 Å². The molecule has 0 aliphatic carbocycles. The highest BCUT2D eigenvalue weighted by Crippen LogP contribution is 2.01. The molecule has 1 atom stereocenters. The van der Waals surface area contributed by atoms with Crippen LogP contribution in [0.1, 0.15) is 6.92 Å². The van der Waals surface area contributed by atoms with Gasteiger partial charge in [-0.15, -0.1) is 17.2 Å². The predicted molar refractivity (Wildman–Crippen MR) is 54.3 cm³/mol. The number of thioether (sulfide) groups is 1. The summed E-state index contributed by atoms with van der Waals surface area (Å²) >= 11 is 0.974. The van der Waals surface area contributed by atoms with Gasteiger partial charge in [-0.05, 0) is 13.2 Å². The van der Waals surface area contributed by atoms with Gasteiger partial charge in [0.15, 0.2) is 10.5 Å². The van der Waals surface area contributed by atoms with Gasteiger partial charge in [-0.25, -0.2) is 18.5 Å². The topological polar surface area (TPSA) is 101 Å². The Bertz CT molecular complexity index is 313. The Morgan fingerprint density at radius 3 is 2.50 bits per heavy atom. The second kappa shape index (κ2) is 5.83. The maximum atomic E-state index is 11.1. The molecule has 1 unspecified atom stereocenters. The van der Waals surface area contributed by atoms with Crippen LogP contribution in [0.4, 0.5) is 0 Å². The van der Waals surface area contributed by atoms with Gasteiger partial charge in [-0.2, -0.15) is 4.72 Å². The summed E-state index contributed by atoms with van der Waals surface area (Å²) in [6.07, 6.45) is 2.87. The molecule has 0 aliphatic rings. The second-order valence-electron chi connectivity index (χ2n) is 2.13. The Morgan fingerprint density at radius 1 is 1.57 bits per heavy atom. The fourth-order valence-electron chi connectivity index (χ4n) is 0.591. The number of hydrogen-bond acceptors (Lipinski definition) is 5. The van der Waals surface area contributed by atoms with Crippen molar-refractivity contribution >= 4 is 21.8 Å². The fourth-order valence-corrected chi connectivity index (χ4v) is 2.36. The quantitative estimate of drug-likeness (QED) is 0.381. The molecule has 2 N–H and O–H groups in total. The summed E-state index contributed by atoms with van der Waals surface area (Å²) in [6.45, 7) is 1.54. The first-order chi connectivity index (χ1) is 6.41. The van der Waals surface area contributed by atoms with Gasteiger partial charge in [0.25, 0.3) is 0 Å². The van der Waals surface area contributed by atoms with Crippen LogP contribution in [0.2, 0.25) is 0 Å². The standard InChI is InChI=1S/C5H11N3O4S2/c1-3-4-14(11,12)7-5(13-2)6-8(9)10/h3-7H,1-2H3. The Kier molecular flexibility index (Phi) is 5.50. The van der Waals surface area contributed by atoms with E-state index in [4.69, 9.17) is 0 Å². The van der Waals surface area contributed by atoms with Crippen molar-refractivity contribution < 1.29 is 13.5 Å². The second-order valence-corrected chi connectivity index (χ2v) is 4.67. The zero-order chi connectivity index (χ0) is 11.2. The van der Waals surface area contributed by atoms with Crippen LogP contribution < -0.4 is 10.1 Å². The molecule has 0 heterocycles. The van der Waals surface area contributed by atoms with Crippen LogP contribution in [0.15, 0.2) is 11.5 Å². The smallest absolute Gasteiger partial charge is 0.235 e. The van der Waals surface area contributed by atoms with E-state index in [1.165, 1.54) is 13.0 Å². The molecule has 14 heavy (non-hydrogen) atoms. The normalized spacial score (nSPS) is 14.1. The van der Waals surface area contributed by atoms with Gasteiger partial charge in [0.2, 0.25) is 10.0 Å². The summed E-state index contributed by atoms with van der Waals surface area (Å²) in [7, 11) is -3.61. The first kappa shape index (κ1) is 13.2. The first-order valence-electron chi connectivity index (χ1n) is 3.49. The lowest BCUT2D eigenvalue weighted by Gasteiger charge is -2.10. The minimum atomic E-state index is -3.61. The zero-order valence-electron chi connectivity index (χ0n) is 7.63. The maximum absolute atomic E-state index is 11.1. The van der Waals surface area contributed by atoms with Crippen molar-refractivity contribution in [3.05, 3.63) is 21.6 Å². The predicted octanol–water partition coefficient (Wildman–Crippen LogP) is -0.133. The number of hydrogen-bond donors (Lipinski definition) is 2. The van der Waals surface area contributed by atoms with Gasteiger partial charge in [-0.1, -0.05) is 6.08 Å². The minimum Gasteiger partial charge on any atom is -0.235 e. The molecule has 9 heteroatoms. The molecule has 0 saturated heterocycles. The largest absolute Gasteiger partial charge is 0.235 e. The van der Waals surface area contributed by atoms with Crippen molar-refractivity contribution in [1.82, 2.24) is 10.1 Å². The lowest BCUT2D eigenvalue weighted by atomic mass is 10.8. The van der Waals surface area contributed by atoms with Crippen LogP contribution in [0.25, 0.3) is 0 Å². The molecule has 0 radical (unpaired) electrons. The average Bonchev–Trinajstić information content (AvgIpc) is 2.01. The van der Waals surface area contributed by atoms with E-state index in [-0.39, 0.29) is 0 Å². The van der Waals surface area contributed by atoms with Gasteiger partial charge < -0.3 is 0 Å². The van der Waals surface area contributed by atoms with Crippen LogP contribution in [0.5, 0.6) is 0 Å². The Labute approximate surface area is 86.1 Å². The molecule has 7 nitrogen and oxygen atoms in total. The van der Waals surface area contributed by atoms with E-state index >= 15 is 0 Å². The lowest BCUT2D eigenvalue weighted by Crippen LogP contribution is -2.44. The molecule has 82 valence electrons. The number of nitrogens with zero attached hydrogens (tertiary/aromatic N) is 1. The third-order valence-corrected chi connectivity index (χ3v) is 3.08. The molecule has 0 fully saturated rings. The molecular formula is C5H11N3O4S2. The Morgan fingerprint density at radius 2 is 2.14 bits per heavy atom. The highest BCUT2D eigenvalue weighted by atomic mass is 32.2. The van der Waals surface area contributed by atoms with Crippen molar-refractivity contribution in [2.75, 3.05) is 6.26 Å². The van der Waals surface area contributed by atoms with Crippen molar-refractivity contribution in [2.24, 2.45) is 0 Å². The van der Waals surface area contributed by atoms with Gasteiger partial charge >= 0.3 is 0 Å². The van der Waals surface area contributed by atoms with Crippen LogP contribution in [0, 0.1) is 10.1 Å². The third kappa shape index (κ3) is 5.78. The van der Waals surface area contributed by atoms with E-state index in [1.807, 2.05) is 0 Å². The first-order valence-corrected chi connectivity index (χ1v) is 6.33. The Balaban J connectivity index is 4.39. The van der Waals surface area contributed by atoms with Crippen molar-refractivity contribution in [3.63, 3.8) is 0 Å². The molecule has 0 saturated carbocycles. The van der Waals surface area contributed by atoms with Gasteiger partial charge in [0.1, 0.15) is 0 Å². The number of allylic oxidation sites excluding steroid dienone is 1. The number of hydrazine groups is 1. The molecular weight excluding hydrogens is 230 g/mol. The van der Waals surface area contributed by atoms with Crippen LogP contribution in [-0.2, 0) is 10.0 Å².